The van der Waals surface area contributed by atoms with Crippen molar-refractivity contribution in [1.29, 1.82) is 0 Å². The largest absolute Gasteiger partial charge is 0.383 e. The molecule has 0 aliphatic heterocycles. The van der Waals surface area contributed by atoms with E-state index in [1.165, 1.54) is 0 Å². The molecule has 5 heteroatoms. The predicted octanol–water partition coefficient (Wildman–Crippen LogP) is 4.43. The van der Waals surface area contributed by atoms with Gasteiger partial charge in [-0.25, -0.2) is 4.98 Å². The van der Waals surface area contributed by atoms with Crippen molar-refractivity contribution in [3.05, 3.63) is 87.9 Å². The monoisotopic (exact) mass is 390 g/mol. The van der Waals surface area contributed by atoms with Crippen LogP contribution in [0.2, 0.25) is 5.02 Å². The van der Waals surface area contributed by atoms with Crippen LogP contribution in [0.1, 0.15) is 11.1 Å². The minimum atomic E-state index is -1.03. The first-order valence-electron chi connectivity index (χ1n) is 7.24. The van der Waals surface area contributed by atoms with Gasteiger partial charge in [-0.05, 0) is 35.4 Å². The molecule has 0 aliphatic rings. The van der Waals surface area contributed by atoms with E-state index in [9.17, 15) is 5.11 Å². The standard InChI is InChI=1S/C18H16BrClN2O/c19-16-5-3-15(4-6-16)18(23,12-22-10-9-21-13-22)11-14-1-7-17(20)8-2-14/h1-10,13,23H,11-12H2. The molecule has 3 aromatic rings. The maximum Gasteiger partial charge on any atom is 0.111 e. The molecule has 2 aromatic carbocycles. The molecule has 1 heterocycles. The lowest BCUT2D eigenvalue weighted by Crippen LogP contribution is -2.33. The third-order valence-corrected chi connectivity index (χ3v) is 4.58. The number of hydrogen-bond acceptors (Lipinski definition) is 2. The Hall–Kier alpha value is -1.62. The smallest absolute Gasteiger partial charge is 0.111 e. The number of benzene rings is 2. The van der Waals surface area contributed by atoms with E-state index in [-0.39, 0.29) is 0 Å². The summed E-state index contributed by atoms with van der Waals surface area (Å²) in [6, 6.07) is 15.3. The van der Waals surface area contributed by atoms with Crippen LogP contribution < -0.4 is 0 Å². The molecule has 0 fully saturated rings. The summed E-state index contributed by atoms with van der Waals surface area (Å²) < 4.78 is 2.87. The Balaban J connectivity index is 1.94. The lowest BCUT2D eigenvalue weighted by Gasteiger charge is -2.29. The van der Waals surface area contributed by atoms with E-state index in [1.54, 1.807) is 12.5 Å². The molecule has 0 amide bonds. The number of halogens is 2. The first-order valence-corrected chi connectivity index (χ1v) is 8.41. The Morgan fingerprint density at radius 2 is 1.78 bits per heavy atom. The maximum atomic E-state index is 11.4. The average molecular weight is 392 g/mol. The second-order valence-corrected chi connectivity index (χ2v) is 6.93. The van der Waals surface area contributed by atoms with Crippen molar-refractivity contribution in [2.24, 2.45) is 0 Å². The maximum absolute atomic E-state index is 11.4. The van der Waals surface area contributed by atoms with Gasteiger partial charge in [0.1, 0.15) is 5.60 Å². The molecule has 3 rings (SSSR count). The van der Waals surface area contributed by atoms with Crippen molar-refractivity contribution >= 4 is 27.5 Å². The van der Waals surface area contributed by atoms with E-state index in [1.807, 2.05) is 59.3 Å². The molecule has 118 valence electrons. The lowest BCUT2D eigenvalue weighted by molar-refractivity contribution is 0.0185. The zero-order valence-electron chi connectivity index (χ0n) is 12.4. The van der Waals surface area contributed by atoms with Gasteiger partial charge in [-0.2, -0.15) is 0 Å². The summed E-state index contributed by atoms with van der Waals surface area (Å²) >= 11 is 9.39. The molecule has 1 unspecified atom stereocenters. The minimum Gasteiger partial charge on any atom is -0.383 e. The predicted molar refractivity (Wildman–Crippen MR) is 95.4 cm³/mol. The number of aromatic nitrogens is 2. The van der Waals surface area contributed by atoms with Crippen molar-refractivity contribution in [2.75, 3.05) is 0 Å². The van der Waals surface area contributed by atoms with Gasteiger partial charge in [0.15, 0.2) is 0 Å². The summed E-state index contributed by atoms with van der Waals surface area (Å²) in [4.78, 5) is 4.06. The van der Waals surface area contributed by atoms with Crippen LogP contribution in [0.5, 0.6) is 0 Å². The van der Waals surface area contributed by atoms with E-state index in [4.69, 9.17) is 11.6 Å². The summed E-state index contributed by atoms with van der Waals surface area (Å²) in [5.41, 5.74) is 0.860. The van der Waals surface area contributed by atoms with Crippen LogP contribution in [-0.2, 0) is 18.6 Å². The lowest BCUT2D eigenvalue weighted by atomic mass is 9.87. The van der Waals surface area contributed by atoms with Crippen LogP contribution in [0.4, 0.5) is 0 Å². The van der Waals surface area contributed by atoms with Gasteiger partial charge in [0.05, 0.1) is 12.9 Å². The fourth-order valence-electron chi connectivity index (χ4n) is 2.63. The summed E-state index contributed by atoms with van der Waals surface area (Å²) in [5.74, 6) is 0. The van der Waals surface area contributed by atoms with Gasteiger partial charge in [0.25, 0.3) is 0 Å². The Labute approximate surface area is 148 Å². The van der Waals surface area contributed by atoms with E-state index in [2.05, 4.69) is 20.9 Å². The van der Waals surface area contributed by atoms with Crippen LogP contribution in [0, 0.1) is 0 Å². The molecule has 3 nitrogen and oxygen atoms in total. The number of aliphatic hydroxyl groups is 1. The Morgan fingerprint density at radius 1 is 1.09 bits per heavy atom. The molecule has 0 saturated heterocycles. The minimum absolute atomic E-state index is 0.428. The van der Waals surface area contributed by atoms with Crippen molar-refractivity contribution in [1.82, 2.24) is 9.55 Å². The van der Waals surface area contributed by atoms with Gasteiger partial charge in [-0.3, -0.25) is 0 Å². The molecule has 0 saturated carbocycles. The van der Waals surface area contributed by atoms with E-state index in [0.717, 1.165) is 15.6 Å². The SMILES string of the molecule is OC(Cc1ccc(Cl)cc1)(Cn1ccnc1)c1ccc(Br)cc1. The summed E-state index contributed by atoms with van der Waals surface area (Å²) in [6.07, 6.45) is 5.77. The van der Waals surface area contributed by atoms with Crippen molar-refractivity contribution in [3.63, 3.8) is 0 Å². The highest BCUT2D eigenvalue weighted by Crippen LogP contribution is 2.29. The van der Waals surface area contributed by atoms with E-state index < -0.39 is 5.60 Å². The van der Waals surface area contributed by atoms with E-state index in [0.29, 0.717) is 18.0 Å². The highest BCUT2D eigenvalue weighted by atomic mass is 79.9. The van der Waals surface area contributed by atoms with E-state index >= 15 is 0 Å². The van der Waals surface area contributed by atoms with Gasteiger partial charge in [-0.1, -0.05) is 51.8 Å². The summed E-state index contributed by atoms with van der Waals surface area (Å²) in [7, 11) is 0. The van der Waals surface area contributed by atoms with Crippen molar-refractivity contribution in [3.8, 4) is 0 Å². The van der Waals surface area contributed by atoms with Crippen LogP contribution in [0.25, 0.3) is 0 Å². The van der Waals surface area contributed by atoms with Gasteiger partial charge in [-0.15, -0.1) is 0 Å². The normalized spacial score (nSPS) is 13.7. The molecule has 1 N–H and O–H groups in total. The Kier molecular flexibility index (Phi) is 4.85. The number of imidazole rings is 1. The number of rotatable bonds is 5. The molecular weight excluding hydrogens is 376 g/mol. The summed E-state index contributed by atoms with van der Waals surface area (Å²) in [5, 5.41) is 12.1. The van der Waals surface area contributed by atoms with Crippen LogP contribution in [0.15, 0.2) is 71.7 Å². The highest BCUT2D eigenvalue weighted by Gasteiger charge is 2.30. The first-order chi connectivity index (χ1) is 11.0. The second kappa shape index (κ2) is 6.87. The third kappa shape index (κ3) is 4.02. The van der Waals surface area contributed by atoms with Gasteiger partial charge in [0, 0.05) is 28.3 Å². The Bertz CT molecular complexity index is 757. The molecule has 1 aromatic heterocycles. The quantitative estimate of drug-likeness (QED) is 0.699. The second-order valence-electron chi connectivity index (χ2n) is 5.58. The molecular formula is C18H16BrClN2O. The number of hydrogen-bond donors (Lipinski definition) is 1. The van der Waals surface area contributed by atoms with Gasteiger partial charge >= 0.3 is 0 Å². The molecule has 0 radical (unpaired) electrons. The van der Waals surface area contributed by atoms with Gasteiger partial charge in [0.2, 0.25) is 0 Å². The molecule has 0 bridgehead atoms. The van der Waals surface area contributed by atoms with Crippen LogP contribution in [-0.4, -0.2) is 14.7 Å². The molecule has 23 heavy (non-hydrogen) atoms. The van der Waals surface area contributed by atoms with Crippen LogP contribution >= 0.6 is 27.5 Å². The van der Waals surface area contributed by atoms with Crippen LogP contribution in [0.3, 0.4) is 0 Å². The zero-order chi connectivity index (χ0) is 16.3. The van der Waals surface area contributed by atoms with Crippen molar-refractivity contribution < 1.29 is 5.11 Å². The molecule has 0 aliphatic carbocycles. The van der Waals surface area contributed by atoms with Crippen molar-refractivity contribution in [2.45, 2.75) is 18.6 Å². The average Bonchev–Trinajstić information content (AvgIpc) is 3.03. The Morgan fingerprint density at radius 3 is 2.39 bits per heavy atom. The number of nitrogens with zero attached hydrogens (tertiary/aromatic N) is 2. The fraction of sp³-hybridized carbons (Fsp3) is 0.167. The topological polar surface area (TPSA) is 38.0 Å². The molecule has 0 spiro atoms. The summed E-state index contributed by atoms with van der Waals surface area (Å²) in [6.45, 7) is 0.428. The highest BCUT2D eigenvalue weighted by molar-refractivity contribution is 9.10. The zero-order valence-corrected chi connectivity index (χ0v) is 14.7. The molecule has 1 atom stereocenters. The third-order valence-electron chi connectivity index (χ3n) is 3.79. The first kappa shape index (κ1) is 16.2. The fourth-order valence-corrected chi connectivity index (χ4v) is 3.02. The van der Waals surface area contributed by atoms with Gasteiger partial charge < -0.3 is 9.67 Å².